The molecule has 0 fully saturated rings. The molecule has 1 heterocycles. The SMILES string of the molecule is CCCCNC(=O)[C@H](C)C[C@H](O)[C@@H](N)C[C@@H](C)CC(=O)N1CC(C(=O)OCC)Oc2ccccc21. The average molecular weight is 492 g/mol. The fourth-order valence-electron chi connectivity index (χ4n) is 4.15. The van der Waals surface area contributed by atoms with E-state index in [-0.39, 0.29) is 49.6 Å². The van der Waals surface area contributed by atoms with Gasteiger partial charge in [0.2, 0.25) is 17.9 Å². The molecule has 2 amide bonds. The summed E-state index contributed by atoms with van der Waals surface area (Å²) in [5.41, 5.74) is 6.84. The number of aliphatic hydroxyl groups excluding tert-OH is 1. The van der Waals surface area contributed by atoms with E-state index < -0.39 is 24.2 Å². The highest BCUT2D eigenvalue weighted by Gasteiger charge is 2.35. The fraction of sp³-hybridized carbons (Fsp3) is 0.654. The summed E-state index contributed by atoms with van der Waals surface area (Å²) in [5.74, 6) is -0.767. The van der Waals surface area contributed by atoms with Crippen LogP contribution in [-0.2, 0) is 19.1 Å². The van der Waals surface area contributed by atoms with Crippen molar-refractivity contribution in [1.82, 2.24) is 5.32 Å². The third-order valence-corrected chi connectivity index (χ3v) is 6.19. The minimum Gasteiger partial charge on any atom is -0.475 e. The second-order valence-electron chi connectivity index (χ2n) is 9.39. The number of nitrogens with two attached hydrogens (primary N) is 1. The monoisotopic (exact) mass is 491 g/mol. The number of esters is 1. The van der Waals surface area contributed by atoms with Crippen LogP contribution in [0.4, 0.5) is 5.69 Å². The lowest BCUT2D eigenvalue weighted by Crippen LogP contribution is -2.48. The quantitative estimate of drug-likeness (QED) is 0.285. The summed E-state index contributed by atoms with van der Waals surface area (Å²) < 4.78 is 10.8. The zero-order valence-corrected chi connectivity index (χ0v) is 21.4. The Hall–Kier alpha value is -2.65. The van der Waals surface area contributed by atoms with Gasteiger partial charge in [0, 0.05) is 24.9 Å². The topological polar surface area (TPSA) is 131 Å². The van der Waals surface area contributed by atoms with E-state index in [1.807, 2.05) is 13.0 Å². The van der Waals surface area contributed by atoms with E-state index in [9.17, 15) is 19.5 Å². The Labute approximate surface area is 208 Å². The lowest BCUT2D eigenvalue weighted by Gasteiger charge is -2.34. The molecule has 0 aliphatic carbocycles. The van der Waals surface area contributed by atoms with Crippen molar-refractivity contribution in [2.75, 3.05) is 24.6 Å². The van der Waals surface area contributed by atoms with Crippen LogP contribution in [0, 0.1) is 11.8 Å². The summed E-state index contributed by atoms with van der Waals surface area (Å²) >= 11 is 0. The number of aliphatic hydroxyl groups is 1. The van der Waals surface area contributed by atoms with Gasteiger partial charge < -0.3 is 30.5 Å². The van der Waals surface area contributed by atoms with Crippen LogP contribution in [0.2, 0.25) is 0 Å². The first-order valence-electron chi connectivity index (χ1n) is 12.6. The first-order valence-corrected chi connectivity index (χ1v) is 12.6. The number of carbonyl (C=O) groups excluding carboxylic acids is 3. The molecule has 0 spiro atoms. The van der Waals surface area contributed by atoms with Crippen molar-refractivity contribution in [3.8, 4) is 5.75 Å². The number of ether oxygens (including phenoxy) is 2. The Bertz CT molecular complexity index is 848. The van der Waals surface area contributed by atoms with E-state index in [0.29, 0.717) is 24.4 Å². The minimum absolute atomic E-state index is 0.0702. The molecular weight excluding hydrogens is 450 g/mol. The molecule has 5 atom stereocenters. The molecular formula is C26H41N3O6. The van der Waals surface area contributed by atoms with Crippen LogP contribution in [0.5, 0.6) is 5.75 Å². The van der Waals surface area contributed by atoms with Crippen LogP contribution in [0.1, 0.15) is 59.8 Å². The summed E-state index contributed by atoms with van der Waals surface area (Å²) in [4.78, 5) is 39.2. The number of nitrogens with one attached hydrogen (secondary N) is 1. The Morgan fingerprint density at radius 1 is 1.23 bits per heavy atom. The van der Waals surface area contributed by atoms with Crippen LogP contribution in [0.25, 0.3) is 0 Å². The van der Waals surface area contributed by atoms with Gasteiger partial charge in [-0.1, -0.05) is 39.3 Å². The highest BCUT2D eigenvalue weighted by atomic mass is 16.6. The normalized spacial score (nSPS) is 18.5. The molecule has 1 aliphatic heterocycles. The number of rotatable bonds is 13. The second kappa shape index (κ2) is 14.0. The molecule has 1 aliphatic rings. The van der Waals surface area contributed by atoms with Gasteiger partial charge in [-0.3, -0.25) is 9.59 Å². The smallest absolute Gasteiger partial charge is 0.349 e. The third kappa shape index (κ3) is 8.50. The van der Waals surface area contributed by atoms with Crippen molar-refractivity contribution in [1.29, 1.82) is 0 Å². The summed E-state index contributed by atoms with van der Waals surface area (Å²) in [7, 11) is 0. The van der Waals surface area contributed by atoms with Crippen molar-refractivity contribution in [2.45, 2.75) is 78.0 Å². The van der Waals surface area contributed by atoms with E-state index in [1.165, 1.54) is 0 Å². The van der Waals surface area contributed by atoms with Gasteiger partial charge in [0.1, 0.15) is 5.75 Å². The van der Waals surface area contributed by atoms with Gasteiger partial charge in [0.15, 0.2) is 0 Å². The lowest BCUT2D eigenvalue weighted by molar-refractivity contribution is -0.151. The number of benzene rings is 1. The van der Waals surface area contributed by atoms with Crippen LogP contribution in [0.15, 0.2) is 24.3 Å². The number of carbonyl (C=O) groups is 3. The Morgan fingerprint density at radius 3 is 2.63 bits per heavy atom. The number of para-hydroxylation sites is 2. The maximum absolute atomic E-state index is 13.2. The van der Waals surface area contributed by atoms with E-state index in [2.05, 4.69) is 12.2 Å². The van der Waals surface area contributed by atoms with Crippen LogP contribution >= 0.6 is 0 Å². The standard InChI is InChI=1S/C26H41N3O6/c1-5-7-12-28-25(32)18(4)15-21(30)19(27)13-17(3)14-24(31)29-16-23(26(33)34-6-2)35-22-11-9-8-10-20(22)29/h8-11,17-19,21,23,30H,5-7,12-16,27H2,1-4H3,(H,28,32)/t17-,18-,19+,21+,23?/m1/s1. The van der Waals surface area contributed by atoms with Gasteiger partial charge in [-0.2, -0.15) is 0 Å². The van der Waals surface area contributed by atoms with E-state index >= 15 is 0 Å². The number of nitrogens with zero attached hydrogens (tertiary/aromatic N) is 1. The summed E-state index contributed by atoms with van der Waals surface area (Å²) in [6.07, 6.45) is 1.05. The van der Waals surface area contributed by atoms with Crippen molar-refractivity contribution < 1.29 is 29.0 Å². The molecule has 4 N–H and O–H groups in total. The number of hydrogen-bond acceptors (Lipinski definition) is 7. The molecule has 35 heavy (non-hydrogen) atoms. The molecule has 1 aromatic rings. The molecule has 2 rings (SSSR count). The second-order valence-corrected chi connectivity index (χ2v) is 9.39. The number of amides is 2. The Morgan fingerprint density at radius 2 is 1.94 bits per heavy atom. The van der Waals surface area contributed by atoms with Crippen molar-refractivity contribution in [3.05, 3.63) is 24.3 Å². The maximum atomic E-state index is 13.2. The summed E-state index contributed by atoms with van der Waals surface area (Å²) in [6, 6.07) is 6.52. The first-order chi connectivity index (χ1) is 16.7. The lowest BCUT2D eigenvalue weighted by atomic mass is 9.91. The highest BCUT2D eigenvalue weighted by molar-refractivity contribution is 5.96. The van der Waals surface area contributed by atoms with Gasteiger partial charge in [-0.15, -0.1) is 0 Å². The van der Waals surface area contributed by atoms with Crippen molar-refractivity contribution in [3.63, 3.8) is 0 Å². The highest BCUT2D eigenvalue weighted by Crippen LogP contribution is 2.34. The van der Waals surface area contributed by atoms with Crippen molar-refractivity contribution >= 4 is 23.5 Å². The zero-order valence-electron chi connectivity index (χ0n) is 21.4. The molecule has 1 aromatic carbocycles. The minimum atomic E-state index is -0.891. The number of hydrogen-bond donors (Lipinski definition) is 3. The zero-order chi connectivity index (χ0) is 26.0. The number of anilines is 1. The van der Waals surface area contributed by atoms with Gasteiger partial charge in [-0.25, -0.2) is 4.79 Å². The molecule has 0 bridgehead atoms. The fourth-order valence-corrected chi connectivity index (χ4v) is 4.15. The van der Waals surface area contributed by atoms with Gasteiger partial charge >= 0.3 is 5.97 Å². The summed E-state index contributed by atoms with van der Waals surface area (Å²) in [6.45, 7) is 8.38. The number of unbranched alkanes of at least 4 members (excludes halogenated alkanes) is 1. The first kappa shape index (κ1) is 28.6. The van der Waals surface area contributed by atoms with Gasteiger partial charge in [-0.05, 0) is 44.2 Å². The van der Waals surface area contributed by atoms with E-state index in [0.717, 1.165) is 12.8 Å². The molecule has 1 unspecified atom stereocenters. The summed E-state index contributed by atoms with van der Waals surface area (Å²) in [5, 5.41) is 13.4. The number of fused-ring (bicyclic) bond motifs is 1. The predicted molar refractivity (Wildman–Crippen MR) is 134 cm³/mol. The Kier molecular flexibility index (Phi) is 11.5. The van der Waals surface area contributed by atoms with E-state index in [4.69, 9.17) is 15.2 Å². The average Bonchev–Trinajstić information content (AvgIpc) is 2.83. The molecule has 0 aromatic heterocycles. The van der Waals surface area contributed by atoms with Gasteiger partial charge in [0.05, 0.1) is 24.9 Å². The predicted octanol–water partition coefficient (Wildman–Crippen LogP) is 2.39. The van der Waals surface area contributed by atoms with Crippen LogP contribution in [-0.4, -0.2) is 60.8 Å². The van der Waals surface area contributed by atoms with E-state index in [1.54, 1.807) is 36.9 Å². The van der Waals surface area contributed by atoms with Crippen LogP contribution in [0.3, 0.4) is 0 Å². The molecule has 9 nitrogen and oxygen atoms in total. The van der Waals surface area contributed by atoms with Crippen LogP contribution < -0.4 is 20.7 Å². The molecule has 0 saturated carbocycles. The van der Waals surface area contributed by atoms with Crippen molar-refractivity contribution in [2.24, 2.45) is 17.6 Å². The molecule has 9 heteroatoms. The third-order valence-electron chi connectivity index (χ3n) is 6.19. The molecule has 0 radical (unpaired) electrons. The molecule has 196 valence electrons. The molecule has 0 saturated heterocycles. The maximum Gasteiger partial charge on any atom is 0.349 e. The Balaban J connectivity index is 1.93. The largest absolute Gasteiger partial charge is 0.475 e. The van der Waals surface area contributed by atoms with Gasteiger partial charge in [0.25, 0.3) is 0 Å².